The van der Waals surface area contributed by atoms with E-state index in [-0.39, 0.29) is 11.7 Å². The maximum Gasteiger partial charge on any atom is 0.166 e. The summed E-state index contributed by atoms with van der Waals surface area (Å²) in [5.74, 6) is 0.820. The van der Waals surface area contributed by atoms with Gasteiger partial charge in [-0.15, -0.1) is 0 Å². The summed E-state index contributed by atoms with van der Waals surface area (Å²) < 4.78 is 2.07. The van der Waals surface area contributed by atoms with Crippen LogP contribution in [-0.4, -0.2) is 10.4 Å². The summed E-state index contributed by atoms with van der Waals surface area (Å²) in [7, 11) is 0. The molecule has 0 unspecified atom stereocenters. The van der Waals surface area contributed by atoms with Crippen molar-refractivity contribution in [1.29, 1.82) is 0 Å². The zero-order valence-corrected chi connectivity index (χ0v) is 12.8. The van der Waals surface area contributed by atoms with Gasteiger partial charge in [-0.2, -0.15) is 0 Å². The predicted octanol–water partition coefficient (Wildman–Crippen LogP) is 4.50. The Morgan fingerprint density at radius 3 is 2.25 bits per heavy atom. The Labute approximate surface area is 121 Å². The second kappa shape index (κ2) is 6.08. The average Bonchev–Trinajstić information content (AvgIpc) is 2.86. The van der Waals surface area contributed by atoms with Crippen LogP contribution in [0.25, 0.3) is 0 Å². The van der Waals surface area contributed by atoms with Crippen LogP contribution in [0.4, 0.5) is 0 Å². The lowest BCUT2D eigenvalue weighted by Gasteiger charge is -2.07. The molecule has 0 fully saturated rings. The van der Waals surface area contributed by atoms with Crippen LogP contribution in [-0.2, 0) is 6.54 Å². The number of hydrogen-bond donors (Lipinski definition) is 0. The molecule has 2 aromatic rings. The lowest BCUT2D eigenvalue weighted by Crippen LogP contribution is -2.06. The number of rotatable bonds is 5. The molecule has 0 aliphatic carbocycles. The first-order chi connectivity index (χ1) is 9.47. The summed E-state index contributed by atoms with van der Waals surface area (Å²) in [5, 5.41) is 0. The van der Waals surface area contributed by atoms with Crippen LogP contribution in [0.2, 0.25) is 0 Å². The van der Waals surface area contributed by atoms with Gasteiger partial charge in [-0.05, 0) is 23.1 Å². The van der Waals surface area contributed by atoms with Crippen LogP contribution in [0.1, 0.15) is 55.1 Å². The van der Waals surface area contributed by atoms with Crippen LogP contribution in [0.3, 0.4) is 0 Å². The van der Waals surface area contributed by atoms with Gasteiger partial charge in [0.15, 0.2) is 5.78 Å². The fraction of sp³-hybridized carbons (Fsp3) is 0.389. The quantitative estimate of drug-likeness (QED) is 0.733. The molecule has 0 saturated heterocycles. The van der Waals surface area contributed by atoms with Crippen LogP contribution in [0.15, 0.2) is 42.7 Å². The number of carbonyl (C=O) groups excluding carboxylic acids is 1. The molecule has 2 heteroatoms. The lowest BCUT2D eigenvalue weighted by molar-refractivity contribution is 0.0939. The summed E-state index contributed by atoms with van der Waals surface area (Å²) in [6.07, 6.45) is 3.92. The Balaban J connectivity index is 2.08. The zero-order chi connectivity index (χ0) is 14.7. The van der Waals surface area contributed by atoms with Gasteiger partial charge >= 0.3 is 0 Å². The highest BCUT2D eigenvalue weighted by Gasteiger charge is 2.11. The van der Waals surface area contributed by atoms with Gasteiger partial charge in [0.05, 0.1) is 0 Å². The Kier molecular flexibility index (Phi) is 4.43. The Hall–Kier alpha value is -1.83. The number of aromatic nitrogens is 1. The molecule has 1 aromatic heterocycles. The molecule has 1 heterocycles. The van der Waals surface area contributed by atoms with Crippen LogP contribution < -0.4 is 0 Å². The fourth-order valence-corrected chi connectivity index (χ4v) is 2.24. The van der Waals surface area contributed by atoms with E-state index in [1.54, 1.807) is 0 Å². The summed E-state index contributed by atoms with van der Waals surface area (Å²) >= 11 is 0. The van der Waals surface area contributed by atoms with Gasteiger partial charge < -0.3 is 4.57 Å². The second-order valence-electron chi connectivity index (χ2n) is 5.99. The molecule has 2 nitrogen and oxygen atoms in total. The third-order valence-electron chi connectivity index (χ3n) is 3.57. The number of carbonyl (C=O) groups is 1. The molecule has 0 saturated carbocycles. The van der Waals surface area contributed by atoms with Crippen molar-refractivity contribution in [2.75, 3.05) is 0 Å². The molecule has 0 aliphatic rings. The largest absolute Gasteiger partial charge is 0.349 e. The van der Waals surface area contributed by atoms with E-state index in [0.717, 1.165) is 12.1 Å². The first-order valence-corrected chi connectivity index (χ1v) is 7.26. The Morgan fingerprint density at radius 2 is 1.70 bits per heavy atom. The van der Waals surface area contributed by atoms with E-state index < -0.39 is 0 Å². The molecular weight excluding hydrogens is 246 g/mol. The lowest BCUT2D eigenvalue weighted by atomic mass is 10.0. The third kappa shape index (κ3) is 3.38. The summed E-state index contributed by atoms with van der Waals surface area (Å²) in [5.41, 5.74) is 3.42. The van der Waals surface area contributed by atoms with Gasteiger partial charge in [-0.1, -0.05) is 52.0 Å². The van der Waals surface area contributed by atoms with Crippen molar-refractivity contribution < 1.29 is 4.79 Å². The molecular formula is C18H23NO. The number of benzene rings is 1. The van der Waals surface area contributed by atoms with E-state index >= 15 is 0 Å². The van der Waals surface area contributed by atoms with E-state index in [4.69, 9.17) is 0 Å². The second-order valence-corrected chi connectivity index (χ2v) is 5.99. The molecule has 106 valence electrons. The maximum absolute atomic E-state index is 11.9. The van der Waals surface area contributed by atoms with Gasteiger partial charge in [-0.3, -0.25) is 4.79 Å². The first-order valence-electron chi connectivity index (χ1n) is 7.26. The van der Waals surface area contributed by atoms with Crippen molar-refractivity contribution in [3.63, 3.8) is 0 Å². The van der Waals surface area contributed by atoms with E-state index in [9.17, 15) is 4.79 Å². The van der Waals surface area contributed by atoms with E-state index in [1.165, 1.54) is 11.1 Å². The fourth-order valence-electron chi connectivity index (χ4n) is 2.24. The number of Topliss-reactive ketones (excluding diaryl/α,β-unsaturated/α-hetero) is 1. The smallest absolute Gasteiger partial charge is 0.166 e. The van der Waals surface area contributed by atoms with Crippen LogP contribution >= 0.6 is 0 Å². The standard InChI is InChI=1S/C18H23NO/c1-13(2)16-7-5-15(6-8-16)11-19-10-9-17(12-19)18(20)14(3)4/h5-10,12-14H,11H2,1-4H3. The number of nitrogens with zero attached hydrogens (tertiary/aromatic N) is 1. The normalized spacial score (nSPS) is 11.3. The molecule has 2 rings (SSSR count). The van der Waals surface area contributed by atoms with Crippen molar-refractivity contribution in [2.24, 2.45) is 5.92 Å². The summed E-state index contributed by atoms with van der Waals surface area (Å²) in [6, 6.07) is 10.6. The minimum Gasteiger partial charge on any atom is -0.349 e. The molecule has 0 atom stereocenters. The summed E-state index contributed by atoms with van der Waals surface area (Å²) in [6.45, 7) is 9.08. The predicted molar refractivity (Wildman–Crippen MR) is 83.2 cm³/mol. The average molecular weight is 269 g/mol. The van der Waals surface area contributed by atoms with Gasteiger partial charge in [0, 0.05) is 30.4 Å². The van der Waals surface area contributed by atoms with Gasteiger partial charge in [0.25, 0.3) is 0 Å². The zero-order valence-electron chi connectivity index (χ0n) is 12.8. The van der Waals surface area contributed by atoms with Gasteiger partial charge in [-0.25, -0.2) is 0 Å². The highest BCUT2D eigenvalue weighted by atomic mass is 16.1. The van der Waals surface area contributed by atoms with Crippen LogP contribution in [0, 0.1) is 5.92 Å². The van der Waals surface area contributed by atoms with Crippen molar-refractivity contribution >= 4 is 5.78 Å². The SMILES string of the molecule is CC(C)C(=O)c1ccn(Cc2ccc(C(C)C)cc2)c1. The first kappa shape index (κ1) is 14.6. The molecule has 0 spiro atoms. The van der Waals surface area contributed by atoms with Crippen molar-refractivity contribution in [3.8, 4) is 0 Å². The number of ketones is 1. The molecule has 1 aromatic carbocycles. The van der Waals surface area contributed by atoms with Crippen molar-refractivity contribution in [3.05, 3.63) is 59.4 Å². The number of hydrogen-bond acceptors (Lipinski definition) is 1. The molecule has 0 aliphatic heterocycles. The van der Waals surface area contributed by atoms with Gasteiger partial charge in [0.1, 0.15) is 0 Å². The van der Waals surface area contributed by atoms with Gasteiger partial charge in [0.2, 0.25) is 0 Å². The summed E-state index contributed by atoms with van der Waals surface area (Å²) in [4.78, 5) is 11.9. The highest BCUT2D eigenvalue weighted by molar-refractivity contribution is 5.97. The van der Waals surface area contributed by atoms with E-state index in [0.29, 0.717) is 5.92 Å². The topological polar surface area (TPSA) is 22.0 Å². The Morgan fingerprint density at radius 1 is 1.05 bits per heavy atom. The highest BCUT2D eigenvalue weighted by Crippen LogP contribution is 2.16. The minimum atomic E-state index is 0.0520. The van der Waals surface area contributed by atoms with Crippen molar-refractivity contribution in [1.82, 2.24) is 4.57 Å². The minimum absolute atomic E-state index is 0.0520. The van der Waals surface area contributed by atoms with Crippen molar-refractivity contribution in [2.45, 2.75) is 40.2 Å². The third-order valence-corrected chi connectivity index (χ3v) is 3.57. The van der Waals surface area contributed by atoms with E-state index in [1.807, 2.05) is 32.3 Å². The Bertz CT molecular complexity index is 576. The molecule has 0 N–H and O–H groups in total. The molecule has 20 heavy (non-hydrogen) atoms. The monoisotopic (exact) mass is 269 g/mol. The molecule has 0 radical (unpaired) electrons. The van der Waals surface area contributed by atoms with E-state index in [2.05, 4.69) is 42.7 Å². The maximum atomic E-state index is 11.9. The van der Waals surface area contributed by atoms with Crippen LogP contribution in [0.5, 0.6) is 0 Å². The molecule has 0 bridgehead atoms. The molecule has 0 amide bonds.